The van der Waals surface area contributed by atoms with Crippen LogP contribution in [0.5, 0.6) is 0 Å². The van der Waals surface area contributed by atoms with Gasteiger partial charge in [0.25, 0.3) is 0 Å². The van der Waals surface area contributed by atoms with E-state index < -0.39 is 11.6 Å². The Morgan fingerprint density at radius 2 is 1.95 bits per heavy atom. The third-order valence-corrected chi connectivity index (χ3v) is 3.28. The average molecular weight is 263 g/mol. The van der Waals surface area contributed by atoms with Crippen LogP contribution in [0.25, 0.3) is 0 Å². The fourth-order valence-electron chi connectivity index (χ4n) is 2.49. The van der Waals surface area contributed by atoms with Gasteiger partial charge in [0.1, 0.15) is 11.6 Å². The van der Waals surface area contributed by atoms with Gasteiger partial charge in [-0.2, -0.15) is 5.10 Å². The first-order valence-electron chi connectivity index (χ1n) is 5.85. The molecule has 2 heterocycles. The second-order valence-corrected chi connectivity index (χ2v) is 4.62. The zero-order valence-electron chi connectivity index (χ0n) is 10.1. The molecule has 1 aliphatic rings. The minimum Gasteiger partial charge on any atom is -0.309 e. The van der Waals surface area contributed by atoms with Gasteiger partial charge >= 0.3 is 0 Å². The molecule has 2 N–H and O–H groups in total. The molecule has 1 aliphatic heterocycles. The van der Waals surface area contributed by atoms with Crippen LogP contribution in [0, 0.1) is 18.6 Å². The van der Waals surface area contributed by atoms with Crippen molar-refractivity contribution in [3.05, 3.63) is 46.7 Å². The lowest BCUT2D eigenvalue weighted by Gasteiger charge is -2.23. The highest BCUT2D eigenvalue weighted by Crippen LogP contribution is 2.38. The Labute approximate surface area is 107 Å². The topological polar surface area (TPSA) is 57.8 Å². The highest BCUT2D eigenvalue weighted by Gasteiger charge is 2.30. The van der Waals surface area contributed by atoms with Crippen LogP contribution < -0.4 is 5.32 Å². The van der Waals surface area contributed by atoms with Crippen molar-refractivity contribution in [1.82, 2.24) is 10.2 Å². The van der Waals surface area contributed by atoms with Crippen LogP contribution in [0.3, 0.4) is 0 Å². The summed E-state index contributed by atoms with van der Waals surface area (Å²) >= 11 is 0. The van der Waals surface area contributed by atoms with Crippen molar-refractivity contribution in [1.29, 1.82) is 0 Å². The first kappa shape index (κ1) is 11.8. The van der Waals surface area contributed by atoms with Gasteiger partial charge in [0, 0.05) is 29.7 Å². The van der Waals surface area contributed by atoms with Crippen molar-refractivity contribution in [2.45, 2.75) is 19.3 Å². The number of carbonyl (C=O) groups is 1. The molecule has 0 fully saturated rings. The molecule has 0 saturated carbocycles. The number of carbonyl (C=O) groups excluding carboxylic acids is 1. The van der Waals surface area contributed by atoms with E-state index in [0.29, 0.717) is 11.4 Å². The molecule has 0 radical (unpaired) electrons. The molecule has 6 heteroatoms. The van der Waals surface area contributed by atoms with Crippen LogP contribution in [0.4, 0.5) is 14.6 Å². The number of fused-ring (bicyclic) bond motifs is 1. The third kappa shape index (κ3) is 1.99. The molecule has 98 valence electrons. The van der Waals surface area contributed by atoms with Crippen molar-refractivity contribution in [2.75, 3.05) is 5.32 Å². The second-order valence-electron chi connectivity index (χ2n) is 4.62. The van der Waals surface area contributed by atoms with Gasteiger partial charge in [0.15, 0.2) is 5.82 Å². The number of benzene rings is 1. The predicted molar refractivity (Wildman–Crippen MR) is 64.8 cm³/mol. The maximum absolute atomic E-state index is 13.3. The smallest absolute Gasteiger partial charge is 0.226 e. The third-order valence-electron chi connectivity index (χ3n) is 3.28. The van der Waals surface area contributed by atoms with E-state index >= 15 is 0 Å². The molecular formula is C13H11F2N3O. The van der Waals surface area contributed by atoms with E-state index in [9.17, 15) is 13.6 Å². The average Bonchev–Trinajstić information content (AvgIpc) is 2.68. The van der Waals surface area contributed by atoms with Crippen molar-refractivity contribution in [3.63, 3.8) is 0 Å². The number of aromatic nitrogens is 2. The van der Waals surface area contributed by atoms with Gasteiger partial charge < -0.3 is 5.32 Å². The van der Waals surface area contributed by atoms with E-state index in [0.717, 1.165) is 17.3 Å². The minimum atomic E-state index is -0.649. The van der Waals surface area contributed by atoms with E-state index in [4.69, 9.17) is 0 Å². The summed E-state index contributed by atoms with van der Waals surface area (Å²) in [5, 5.41) is 9.40. The van der Waals surface area contributed by atoms with E-state index in [2.05, 4.69) is 15.5 Å². The Kier molecular flexibility index (Phi) is 2.58. The van der Waals surface area contributed by atoms with Gasteiger partial charge in [-0.15, -0.1) is 0 Å². The number of nitrogens with one attached hydrogen (secondary N) is 2. The standard InChI is InChI=1S/C13H11F2N3O/c1-6-12-10(5-11(19)16-13(12)18-17-6)7-2-8(14)4-9(15)3-7/h2-4,10H,5H2,1H3,(H2,16,17,18,19)/t10-/m0/s1. The number of amides is 1. The van der Waals surface area contributed by atoms with E-state index in [1.165, 1.54) is 12.1 Å². The highest BCUT2D eigenvalue weighted by molar-refractivity contribution is 5.94. The fourth-order valence-corrected chi connectivity index (χ4v) is 2.49. The van der Waals surface area contributed by atoms with Crippen LogP contribution in [-0.4, -0.2) is 16.1 Å². The Bertz CT molecular complexity index is 646. The summed E-state index contributed by atoms with van der Waals surface area (Å²) in [6.07, 6.45) is 0.149. The molecule has 4 nitrogen and oxygen atoms in total. The molecule has 0 unspecified atom stereocenters. The van der Waals surface area contributed by atoms with E-state index in [1.54, 1.807) is 0 Å². The van der Waals surface area contributed by atoms with Gasteiger partial charge in [-0.1, -0.05) is 0 Å². The lowest BCUT2D eigenvalue weighted by Crippen LogP contribution is -2.23. The zero-order valence-corrected chi connectivity index (χ0v) is 10.1. The first-order chi connectivity index (χ1) is 9.04. The molecule has 1 amide bonds. The normalized spacial score (nSPS) is 18.1. The molecular weight excluding hydrogens is 252 g/mol. The molecule has 2 aromatic rings. The lowest BCUT2D eigenvalue weighted by molar-refractivity contribution is -0.116. The van der Waals surface area contributed by atoms with Gasteiger partial charge in [-0.05, 0) is 24.6 Å². The number of anilines is 1. The van der Waals surface area contributed by atoms with Crippen molar-refractivity contribution >= 4 is 11.7 Å². The summed E-state index contributed by atoms with van der Waals surface area (Å²) in [6.45, 7) is 1.81. The number of rotatable bonds is 1. The monoisotopic (exact) mass is 263 g/mol. The lowest BCUT2D eigenvalue weighted by atomic mass is 9.86. The summed E-state index contributed by atoms with van der Waals surface area (Å²) in [5.41, 5.74) is 2.01. The number of aromatic amines is 1. The second kappa shape index (κ2) is 4.15. The Morgan fingerprint density at radius 3 is 2.63 bits per heavy atom. The largest absolute Gasteiger partial charge is 0.309 e. The van der Waals surface area contributed by atoms with E-state index in [1.807, 2.05) is 6.92 Å². The van der Waals surface area contributed by atoms with Gasteiger partial charge in [-0.3, -0.25) is 9.89 Å². The molecule has 1 aromatic carbocycles. The van der Waals surface area contributed by atoms with Crippen LogP contribution in [0.2, 0.25) is 0 Å². The summed E-state index contributed by atoms with van der Waals surface area (Å²) in [6, 6.07) is 3.32. The van der Waals surface area contributed by atoms with Crippen LogP contribution in [-0.2, 0) is 4.79 Å². The Balaban J connectivity index is 2.14. The summed E-state index contributed by atoms with van der Waals surface area (Å²) in [7, 11) is 0. The Morgan fingerprint density at radius 1 is 1.26 bits per heavy atom. The fraction of sp³-hybridized carbons (Fsp3) is 0.231. The van der Waals surface area contributed by atoms with Crippen molar-refractivity contribution in [3.8, 4) is 0 Å². The molecule has 19 heavy (non-hydrogen) atoms. The number of hydrogen-bond donors (Lipinski definition) is 2. The molecule has 0 spiro atoms. The zero-order chi connectivity index (χ0) is 13.6. The minimum absolute atomic E-state index is 0.149. The van der Waals surface area contributed by atoms with Gasteiger partial charge in [-0.25, -0.2) is 8.78 Å². The number of nitrogens with zero attached hydrogens (tertiary/aromatic N) is 1. The SMILES string of the molecule is Cc1[nH]nc2c1[C@H](c1cc(F)cc(F)c1)CC(=O)N2. The molecule has 0 bridgehead atoms. The molecule has 1 aromatic heterocycles. The maximum Gasteiger partial charge on any atom is 0.226 e. The summed E-state index contributed by atoms with van der Waals surface area (Å²) in [4.78, 5) is 11.6. The van der Waals surface area contributed by atoms with Gasteiger partial charge in [0.2, 0.25) is 5.91 Å². The number of aryl methyl sites for hydroxylation is 1. The molecule has 1 atom stereocenters. The number of H-pyrrole nitrogens is 1. The molecule has 3 rings (SSSR count). The number of hydrogen-bond acceptors (Lipinski definition) is 2. The quantitative estimate of drug-likeness (QED) is 0.830. The molecule has 0 saturated heterocycles. The first-order valence-corrected chi connectivity index (χ1v) is 5.85. The maximum atomic E-state index is 13.3. The molecule has 0 aliphatic carbocycles. The van der Waals surface area contributed by atoms with Crippen LogP contribution in [0.1, 0.15) is 29.2 Å². The van der Waals surface area contributed by atoms with Crippen LogP contribution >= 0.6 is 0 Å². The summed E-state index contributed by atoms with van der Waals surface area (Å²) in [5.74, 6) is -1.46. The van der Waals surface area contributed by atoms with E-state index in [-0.39, 0.29) is 18.2 Å². The Hall–Kier alpha value is -2.24. The summed E-state index contributed by atoms with van der Waals surface area (Å²) < 4.78 is 26.6. The number of halogens is 2. The van der Waals surface area contributed by atoms with Crippen molar-refractivity contribution < 1.29 is 13.6 Å². The van der Waals surface area contributed by atoms with Gasteiger partial charge in [0.05, 0.1) is 0 Å². The predicted octanol–water partition coefficient (Wildman–Crippen LogP) is 2.47. The van der Waals surface area contributed by atoms with Crippen molar-refractivity contribution in [2.24, 2.45) is 0 Å². The highest BCUT2D eigenvalue weighted by atomic mass is 19.1. The van der Waals surface area contributed by atoms with Crippen LogP contribution in [0.15, 0.2) is 18.2 Å².